The van der Waals surface area contributed by atoms with E-state index in [0.29, 0.717) is 35.4 Å². The van der Waals surface area contributed by atoms with E-state index in [1.54, 1.807) is 30.3 Å². The third-order valence-electron chi connectivity index (χ3n) is 3.06. The van der Waals surface area contributed by atoms with Gasteiger partial charge in [0.1, 0.15) is 4.90 Å². The molecule has 0 amide bonds. The number of rotatable bonds is 9. The molecule has 6 nitrogen and oxygen atoms in total. The smallest absolute Gasteiger partial charge is 0.244 e. The van der Waals surface area contributed by atoms with Gasteiger partial charge in [0.2, 0.25) is 10.0 Å². The van der Waals surface area contributed by atoms with Crippen LogP contribution in [0.3, 0.4) is 0 Å². The number of sulfonamides is 1. The minimum Gasteiger partial charge on any atom is -0.313 e. The molecule has 0 radical (unpaired) electrons. The Balaban J connectivity index is 2.86. The summed E-state index contributed by atoms with van der Waals surface area (Å²) in [6.45, 7) is 9.55. The first-order valence-electron chi connectivity index (χ1n) is 7.05. The molecule has 8 heteroatoms. The van der Waals surface area contributed by atoms with Gasteiger partial charge in [-0.05, 0) is 20.1 Å². The Morgan fingerprint density at radius 3 is 2.52 bits per heavy atom. The van der Waals surface area contributed by atoms with Crippen LogP contribution in [0.4, 0.5) is 0 Å². The van der Waals surface area contributed by atoms with Gasteiger partial charge in [0.05, 0.1) is 17.9 Å². The van der Waals surface area contributed by atoms with Crippen molar-refractivity contribution in [2.45, 2.75) is 45.2 Å². The molecule has 1 heterocycles. The quantitative estimate of drug-likeness (QED) is 0.662. The second-order valence-corrected chi connectivity index (χ2v) is 7.91. The summed E-state index contributed by atoms with van der Waals surface area (Å²) in [5.41, 5.74) is 1.24. The van der Waals surface area contributed by atoms with E-state index in [2.05, 4.69) is 29.0 Å². The molecule has 1 rings (SSSR count). The predicted molar refractivity (Wildman–Crippen MR) is 88.4 cm³/mol. The first-order valence-corrected chi connectivity index (χ1v) is 9.93. The van der Waals surface area contributed by atoms with Crippen LogP contribution < -0.4 is 10.0 Å². The predicted octanol–water partition coefficient (Wildman–Crippen LogP) is 1.14. The molecule has 0 bridgehead atoms. The zero-order chi connectivity index (χ0) is 16.0. The molecule has 21 heavy (non-hydrogen) atoms. The Morgan fingerprint density at radius 1 is 1.29 bits per heavy atom. The van der Waals surface area contributed by atoms with Crippen molar-refractivity contribution in [3.63, 3.8) is 0 Å². The largest absolute Gasteiger partial charge is 0.313 e. The van der Waals surface area contributed by atoms with Crippen LogP contribution in [-0.4, -0.2) is 49.3 Å². The van der Waals surface area contributed by atoms with Crippen LogP contribution >= 0.6 is 11.8 Å². The van der Waals surface area contributed by atoms with E-state index in [9.17, 15) is 8.42 Å². The normalized spacial score (nSPS) is 12.3. The number of hydrogen-bond donors (Lipinski definition) is 2. The molecule has 0 aliphatic carbocycles. The zero-order valence-electron chi connectivity index (χ0n) is 13.4. The van der Waals surface area contributed by atoms with Crippen molar-refractivity contribution in [1.82, 2.24) is 19.8 Å². The number of aromatic nitrogens is 2. The number of nitrogens with zero attached hydrogens (tertiary/aromatic N) is 2. The monoisotopic (exact) mass is 334 g/mol. The minimum atomic E-state index is -3.48. The number of thioether (sulfide) groups is 1. The lowest BCUT2D eigenvalue weighted by Crippen LogP contribution is -2.28. The van der Waals surface area contributed by atoms with E-state index in [-0.39, 0.29) is 0 Å². The SMILES string of the molecule is CSCCNS(=O)(=O)c1c(C)nn(CCNC(C)C)c1C. The maximum atomic E-state index is 12.4. The van der Waals surface area contributed by atoms with Crippen LogP contribution in [-0.2, 0) is 16.6 Å². The minimum absolute atomic E-state index is 0.313. The summed E-state index contributed by atoms with van der Waals surface area (Å²) < 4.78 is 29.1. The van der Waals surface area contributed by atoms with Gasteiger partial charge in [-0.15, -0.1) is 0 Å². The van der Waals surface area contributed by atoms with E-state index >= 15 is 0 Å². The van der Waals surface area contributed by atoms with Crippen molar-refractivity contribution < 1.29 is 8.42 Å². The molecule has 0 aliphatic rings. The summed E-state index contributed by atoms with van der Waals surface area (Å²) in [6, 6.07) is 0.401. The Kier molecular flexibility index (Phi) is 7.19. The second-order valence-electron chi connectivity index (χ2n) is 5.22. The molecule has 0 atom stereocenters. The molecule has 0 fully saturated rings. The highest BCUT2D eigenvalue weighted by Gasteiger charge is 2.23. The molecule has 0 unspecified atom stereocenters. The zero-order valence-corrected chi connectivity index (χ0v) is 15.1. The van der Waals surface area contributed by atoms with Crippen LogP contribution in [0.25, 0.3) is 0 Å². The summed E-state index contributed by atoms with van der Waals surface area (Å²) in [5.74, 6) is 0.754. The van der Waals surface area contributed by atoms with Gasteiger partial charge in [-0.2, -0.15) is 16.9 Å². The van der Waals surface area contributed by atoms with Crippen LogP contribution in [0.15, 0.2) is 4.90 Å². The first kappa shape index (κ1) is 18.5. The molecule has 0 saturated heterocycles. The third kappa shape index (κ3) is 5.28. The summed E-state index contributed by atoms with van der Waals surface area (Å²) in [7, 11) is -3.48. The number of nitrogens with one attached hydrogen (secondary N) is 2. The van der Waals surface area contributed by atoms with Gasteiger partial charge in [-0.3, -0.25) is 4.68 Å². The molecular formula is C13H26N4O2S2. The van der Waals surface area contributed by atoms with Crippen LogP contribution in [0.2, 0.25) is 0 Å². The Labute approximate surface area is 132 Å². The summed E-state index contributed by atoms with van der Waals surface area (Å²) in [5, 5.41) is 7.66. The molecular weight excluding hydrogens is 308 g/mol. The molecule has 0 saturated carbocycles. The van der Waals surface area contributed by atoms with Crippen molar-refractivity contribution in [2.75, 3.05) is 25.1 Å². The lowest BCUT2D eigenvalue weighted by atomic mass is 10.4. The van der Waals surface area contributed by atoms with Gasteiger partial charge in [-0.1, -0.05) is 13.8 Å². The lowest BCUT2D eigenvalue weighted by molar-refractivity contribution is 0.506. The van der Waals surface area contributed by atoms with Crippen molar-refractivity contribution in [2.24, 2.45) is 0 Å². The standard InChI is InChI=1S/C13H26N4O2S2/c1-10(2)14-6-8-17-12(4)13(11(3)16-17)21(18,19)15-7-9-20-5/h10,14-15H,6-9H2,1-5H3. The van der Waals surface area contributed by atoms with Gasteiger partial charge in [0, 0.05) is 24.9 Å². The van der Waals surface area contributed by atoms with Gasteiger partial charge < -0.3 is 5.32 Å². The fourth-order valence-corrected chi connectivity index (χ4v) is 3.97. The second kappa shape index (κ2) is 8.17. The molecule has 2 N–H and O–H groups in total. The topological polar surface area (TPSA) is 76.0 Å². The van der Waals surface area contributed by atoms with Crippen molar-refractivity contribution >= 4 is 21.8 Å². The van der Waals surface area contributed by atoms with E-state index in [1.165, 1.54) is 0 Å². The van der Waals surface area contributed by atoms with Gasteiger partial charge in [0.25, 0.3) is 0 Å². The van der Waals surface area contributed by atoms with E-state index < -0.39 is 10.0 Å². The maximum Gasteiger partial charge on any atom is 0.244 e. The van der Waals surface area contributed by atoms with Crippen molar-refractivity contribution in [1.29, 1.82) is 0 Å². The van der Waals surface area contributed by atoms with Crippen molar-refractivity contribution in [3.8, 4) is 0 Å². The highest BCUT2D eigenvalue weighted by molar-refractivity contribution is 7.98. The maximum absolute atomic E-state index is 12.4. The fourth-order valence-electron chi connectivity index (χ4n) is 2.10. The molecule has 122 valence electrons. The van der Waals surface area contributed by atoms with Crippen LogP contribution in [0, 0.1) is 13.8 Å². The molecule has 0 spiro atoms. The molecule has 1 aromatic heterocycles. The fraction of sp³-hybridized carbons (Fsp3) is 0.769. The van der Waals surface area contributed by atoms with Gasteiger partial charge in [-0.25, -0.2) is 13.1 Å². The molecule has 1 aromatic rings. The summed E-state index contributed by atoms with van der Waals surface area (Å²) in [6.07, 6.45) is 1.95. The average molecular weight is 335 g/mol. The first-order chi connectivity index (χ1) is 9.79. The lowest BCUT2D eigenvalue weighted by Gasteiger charge is -2.10. The van der Waals surface area contributed by atoms with E-state index in [0.717, 1.165) is 12.3 Å². The van der Waals surface area contributed by atoms with Gasteiger partial charge in [0.15, 0.2) is 0 Å². The molecule has 0 aliphatic heterocycles. The van der Waals surface area contributed by atoms with Crippen LogP contribution in [0.5, 0.6) is 0 Å². The van der Waals surface area contributed by atoms with Crippen LogP contribution in [0.1, 0.15) is 25.2 Å². The van der Waals surface area contributed by atoms with E-state index in [1.807, 2.05) is 6.26 Å². The van der Waals surface area contributed by atoms with Crippen molar-refractivity contribution in [3.05, 3.63) is 11.4 Å². The number of hydrogen-bond acceptors (Lipinski definition) is 5. The number of aryl methyl sites for hydroxylation is 1. The highest BCUT2D eigenvalue weighted by Crippen LogP contribution is 2.19. The van der Waals surface area contributed by atoms with E-state index in [4.69, 9.17) is 0 Å². The Morgan fingerprint density at radius 2 is 1.95 bits per heavy atom. The molecule has 0 aromatic carbocycles. The average Bonchev–Trinajstić information content (AvgIpc) is 2.64. The third-order valence-corrected chi connectivity index (χ3v) is 5.38. The Bertz CT molecular complexity index is 553. The Hall–Kier alpha value is -0.570. The highest BCUT2D eigenvalue weighted by atomic mass is 32.2. The summed E-state index contributed by atoms with van der Waals surface area (Å²) >= 11 is 1.61. The summed E-state index contributed by atoms with van der Waals surface area (Å²) in [4.78, 5) is 0.313. The van der Waals surface area contributed by atoms with Gasteiger partial charge >= 0.3 is 0 Å².